The van der Waals surface area contributed by atoms with Crippen LogP contribution in [0.3, 0.4) is 0 Å². The summed E-state index contributed by atoms with van der Waals surface area (Å²) in [5, 5.41) is 3.39. The zero-order valence-corrected chi connectivity index (χ0v) is 9.21. The first-order valence-electron chi connectivity index (χ1n) is 5.14. The minimum atomic E-state index is 0.709. The van der Waals surface area contributed by atoms with Crippen LogP contribution in [0.4, 0.5) is 5.69 Å². The molecular formula is C12H19NO. The number of anilines is 1. The second kappa shape index (κ2) is 5.53. The van der Waals surface area contributed by atoms with Crippen molar-refractivity contribution < 1.29 is 4.74 Å². The molecule has 0 aliphatic rings. The van der Waals surface area contributed by atoms with Crippen LogP contribution in [-0.4, -0.2) is 13.7 Å². The first-order valence-corrected chi connectivity index (χ1v) is 5.14. The predicted octanol–water partition coefficient (Wildman–Crippen LogP) is 3.15. The van der Waals surface area contributed by atoms with Crippen molar-refractivity contribution in [2.24, 2.45) is 5.92 Å². The normalized spacial score (nSPS) is 12.2. The summed E-state index contributed by atoms with van der Waals surface area (Å²) in [5.41, 5.74) is 1.13. The minimum absolute atomic E-state index is 0.709. The van der Waals surface area contributed by atoms with Crippen molar-refractivity contribution in [3.05, 3.63) is 24.3 Å². The molecule has 0 saturated carbocycles. The molecule has 2 nitrogen and oxygen atoms in total. The maximum Gasteiger partial charge on any atom is 0.120 e. The Morgan fingerprint density at radius 2 is 2.21 bits per heavy atom. The smallest absolute Gasteiger partial charge is 0.120 e. The van der Waals surface area contributed by atoms with Crippen LogP contribution < -0.4 is 10.1 Å². The molecule has 0 bridgehead atoms. The zero-order valence-electron chi connectivity index (χ0n) is 9.21. The van der Waals surface area contributed by atoms with E-state index in [4.69, 9.17) is 4.74 Å². The van der Waals surface area contributed by atoms with Crippen molar-refractivity contribution in [1.82, 2.24) is 0 Å². The molecule has 2 heteroatoms. The van der Waals surface area contributed by atoms with Gasteiger partial charge in [-0.1, -0.05) is 26.3 Å². The molecule has 1 aromatic carbocycles. The number of nitrogens with one attached hydrogen (secondary N) is 1. The molecule has 0 aliphatic heterocycles. The van der Waals surface area contributed by atoms with E-state index in [0.717, 1.165) is 18.0 Å². The van der Waals surface area contributed by atoms with Crippen LogP contribution in [0.5, 0.6) is 5.75 Å². The van der Waals surface area contributed by atoms with E-state index in [2.05, 4.69) is 25.2 Å². The molecule has 0 saturated heterocycles. The summed E-state index contributed by atoms with van der Waals surface area (Å²) in [5.74, 6) is 1.61. The van der Waals surface area contributed by atoms with E-state index in [1.165, 1.54) is 6.42 Å². The van der Waals surface area contributed by atoms with Gasteiger partial charge in [-0.15, -0.1) is 0 Å². The van der Waals surface area contributed by atoms with Gasteiger partial charge in [-0.2, -0.15) is 0 Å². The van der Waals surface area contributed by atoms with Crippen LogP contribution in [0.2, 0.25) is 0 Å². The zero-order chi connectivity index (χ0) is 10.4. The molecule has 1 N–H and O–H groups in total. The molecule has 1 aromatic rings. The topological polar surface area (TPSA) is 21.3 Å². The highest BCUT2D eigenvalue weighted by Crippen LogP contribution is 2.17. The van der Waals surface area contributed by atoms with Gasteiger partial charge >= 0.3 is 0 Å². The molecule has 1 atom stereocenters. The molecular weight excluding hydrogens is 174 g/mol. The Labute approximate surface area is 86.3 Å². The maximum absolute atomic E-state index is 5.15. The van der Waals surface area contributed by atoms with E-state index in [1.54, 1.807) is 7.11 Å². The van der Waals surface area contributed by atoms with E-state index >= 15 is 0 Å². The van der Waals surface area contributed by atoms with Crippen molar-refractivity contribution in [1.29, 1.82) is 0 Å². The summed E-state index contributed by atoms with van der Waals surface area (Å²) in [7, 11) is 1.69. The highest BCUT2D eigenvalue weighted by atomic mass is 16.5. The van der Waals surface area contributed by atoms with Gasteiger partial charge in [0.1, 0.15) is 5.75 Å². The van der Waals surface area contributed by atoms with Gasteiger partial charge in [-0.3, -0.25) is 0 Å². The molecule has 0 spiro atoms. The molecule has 1 unspecified atom stereocenters. The maximum atomic E-state index is 5.15. The molecule has 0 fully saturated rings. The summed E-state index contributed by atoms with van der Waals surface area (Å²) in [4.78, 5) is 0. The van der Waals surface area contributed by atoms with Gasteiger partial charge in [0.25, 0.3) is 0 Å². The van der Waals surface area contributed by atoms with E-state index in [-0.39, 0.29) is 0 Å². The van der Waals surface area contributed by atoms with E-state index in [9.17, 15) is 0 Å². The summed E-state index contributed by atoms with van der Waals surface area (Å²) >= 11 is 0. The fraction of sp³-hybridized carbons (Fsp3) is 0.500. The third kappa shape index (κ3) is 3.29. The quantitative estimate of drug-likeness (QED) is 0.775. The minimum Gasteiger partial charge on any atom is -0.497 e. The number of methoxy groups -OCH3 is 1. The summed E-state index contributed by atoms with van der Waals surface area (Å²) in [6, 6.07) is 8.03. The molecule has 78 valence electrons. The Hall–Kier alpha value is -1.18. The molecule has 0 heterocycles. The van der Waals surface area contributed by atoms with Crippen LogP contribution in [0.15, 0.2) is 24.3 Å². The number of hydrogen-bond acceptors (Lipinski definition) is 2. The lowest BCUT2D eigenvalue weighted by atomic mass is 10.1. The predicted molar refractivity (Wildman–Crippen MR) is 60.9 cm³/mol. The van der Waals surface area contributed by atoms with Gasteiger partial charge < -0.3 is 10.1 Å². The Kier molecular flexibility index (Phi) is 4.30. The first-order chi connectivity index (χ1) is 6.76. The molecule has 0 aliphatic carbocycles. The van der Waals surface area contributed by atoms with Crippen LogP contribution in [0.25, 0.3) is 0 Å². The number of hydrogen-bond donors (Lipinski definition) is 1. The Morgan fingerprint density at radius 1 is 1.43 bits per heavy atom. The number of benzene rings is 1. The van der Waals surface area contributed by atoms with Crippen LogP contribution in [-0.2, 0) is 0 Å². The molecule has 0 aromatic heterocycles. The first kappa shape index (κ1) is 10.9. The van der Waals surface area contributed by atoms with Crippen molar-refractivity contribution in [2.45, 2.75) is 20.3 Å². The summed E-state index contributed by atoms with van der Waals surface area (Å²) < 4.78 is 5.15. The van der Waals surface area contributed by atoms with Gasteiger partial charge in [0.05, 0.1) is 7.11 Å². The molecule has 14 heavy (non-hydrogen) atoms. The van der Waals surface area contributed by atoms with Crippen molar-refractivity contribution in [3.63, 3.8) is 0 Å². The second-order valence-corrected chi connectivity index (χ2v) is 3.63. The fourth-order valence-electron chi connectivity index (χ4n) is 1.17. The second-order valence-electron chi connectivity index (χ2n) is 3.63. The van der Waals surface area contributed by atoms with Gasteiger partial charge in [-0.05, 0) is 18.1 Å². The lowest BCUT2D eigenvalue weighted by Crippen LogP contribution is -2.10. The largest absolute Gasteiger partial charge is 0.497 e. The van der Waals surface area contributed by atoms with Gasteiger partial charge in [0.15, 0.2) is 0 Å². The molecule has 1 rings (SSSR count). The number of rotatable bonds is 5. The highest BCUT2D eigenvalue weighted by molar-refractivity contribution is 5.48. The molecule has 0 radical (unpaired) electrons. The van der Waals surface area contributed by atoms with E-state index < -0.39 is 0 Å². The molecule has 0 amide bonds. The van der Waals surface area contributed by atoms with Crippen LogP contribution >= 0.6 is 0 Å². The average molecular weight is 193 g/mol. The van der Waals surface area contributed by atoms with Crippen molar-refractivity contribution >= 4 is 5.69 Å². The van der Waals surface area contributed by atoms with E-state index in [0.29, 0.717) is 5.92 Å². The van der Waals surface area contributed by atoms with Gasteiger partial charge in [0, 0.05) is 18.3 Å². The lowest BCUT2D eigenvalue weighted by Gasteiger charge is -2.11. The van der Waals surface area contributed by atoms with Gasteiger partial charge in [0.2, 0.25) is 0 Å². The van der Waals surface area contributed by atoms with Crippen molar-refractivity contribution in [2.75, 3.05) is 19.0 Å². The Balaban J connectivity index is 2.50. The Bertz CT molecular complexity index is 273. The Morgan fingerprint density at radius 3 is 2.86 bits per heavy atom. The summed E-state index contributed by atoms with van der Waals surface area (Å²) in [6.45, 7) is 5.47. The van der Waals surface area contributed by atoms with Gasteiger partial charge in [-0.25, -0.2) is 0 Å². The fourth-order valence-corrected chi connectivity index (χ4v) is 1.17. The van der Waals surface area contributed by atoms with Crippen LogP contribution in [0.1, 0.15) is 20.3 Å². The third-order valence-electron chi connectivity index (χ3n) is 2.42. The standard InChI is InChI=1S/C12H19NO/c1-4-10(2)9-13-11-6-5-7-12(8-11)14-3/h5-8,10,13H,4,9H2,1-3H3. The van der Waals surface area contributed by atoms with Crippen LogP contribution in [0, 0.1) is 5.92 Å². The van der Waals surface area contributed by atoms with E-state index in [1.807, 2.05) is 18.2 Å². The SMILES string of the molecule is CCC(C)CNc1cccc(OC)c1. The highest BCUT2D eigenvalue weighted by Gasteiger charge is 1.99. The van der Waals surface area contributed by atoms with Crippen molar-refractivity contribution in [3.8, 4) is 5.75 Å². The summed E-state index contributed by atoms with van der Waals surface area (Å²) in [6.07, 6.45) is 1.21. The number of ether oxygens (including phenoxy) is 1. The third-order valence-corrected chi connectivity index (χ3v) is 2.42. The lowest BCUT2D eigenvalue weighted by molar-refractivity contribution is 0.415. The average Bonchev–Trinajstić information content (AvgIpc) is 2.26. The monoisotopic (exact) mass is 193 g/mol.